The zero-order chi connectivity index (χ0) is 15.2. The average molecular weight is 286 g/mol. The van der Waals surface area contributed by atoms with E-state index in [0.29, 0.717) is 11.1 Å². The van der Waals surface area contributed by atoms with Crippen molar-refractivity contribution in [3.63, 3.8) is 0 Å². The highest BCUT2D eigenvalue weighted by Crippen LogP contribution is 2.16. The fourth-order valence-electron chi connectivity index (χ4n) is 2.03. The molecule has 2 aromatic carbocycles. The van der Waals surface area contributed by atoms with Crippen LogP contribution in [-0.2, 0) is 6.54 Å². The van der Waals surface area contributed by atoms with Crippen LogP contribution in [0.1, 0.15) is 29.8 Å². The lowest BCUT2D eigenvalue weighted by atomic mass is 10.1. The normalized spacial score (nSPS) is 10.5. The largest absolute Gasteiger partial charge is 0.382 e. The van der Waals surface area contributed by atoms with E-state index in [1.807, 2.05) is 32.0 Å². The van der Waals surface area contributed by atoms with E-state index in [-0.39, 0.29) is 24.3 Å². The zero-order valence-electron chi connectivity index (χ0n) is 12.2. The van der Waals surface area contributed by atoms with Crippen LogP contribution in [0.3, 0.4) is 0 Å². The molecule has 0 heterocycles. The number of amides is 1. The second-order valence-corrected chi connectivity index (χ2v) is 5.12. The number of carbonyl (C=O) groups excluding carboxylic acids is 1. The summed E-state index contributed by atoms with van der Waals surface area (Å²) in [5.41, 5.74) is 1.81. The standard InChI is InChI=1S/C17H19FN2O/c1-12(2)20-16-10-6-4-8-14(16)17(21)19-11-13-7-3-5-9-15(13)18/h3-10,12,20H,11H2,1-2H3,(H,19,21). The van der Waals surface area contributed by atoms with Crippen LogP contribution in [0, 0.1) is 5.82 Å². The van der Waals surface area contributed by atoms with Crippen LogP contribution in [-0.4, -0.2) is 11.9 Å². The van der Waals surface area contributed by atoms with Crippen molar-refractivity contribution in [2.24, 2.45) is 0 Å². The lowest BCUT2D eigenvalue weighted by molar-refractivity contribution is 0.0951. The number of nitrogens with one attached hydrogen (secondary N) is 2. The maximum Gasteiger partial charge on any atom is 0.253 e. The molecule has 0 aromatic heterocycles. The minimum Gasteiger partial charge on any atom is -0.382 e. The Bertz CT molecular complexity index is 626. The molecule has 0 atom stereocenters. The number of carbonyl (C=O) groups is 1. The van der Waals surface area contributed by atoms with Crippen molar-refractivity contribution in [3.8, 4) is 0 Å². The first kappa shape index (κ1) is 15.0. The molecule has 0 spiro atoms. The summed E-state index contributed by atoms with van der Waals surface area (Å²) in [6.45, 7) is 4.18. The maximum absolute atomic E-state index is 13.5. The summed E-state index contributed by atoms with van der Waals surface area (Å²) in [5, 5.41) is 5.98. The summed E-state index contributed by atoms with van der Waals surface area (Å²) in [6, 6.07) is 13.9. The molecule has 4 heteroatoms. The second-order valence-electron chi connectivity index (χ2n) is 5.12. The molecular formula is C17H19FN2O. The van der Waals surface area contributed by atoms with Crippen LogP contribution in [0.2, 0.25) is 0 Å². The van der Waals surface area contributed by atoms with Crippen LogP contribution in [0.25, 0.3) is 0 Å². The summed E-state index contributed by atoms with van der Waals surface area (Å²) >= 11 is 0. The van der Waals surface area contributed by atoms with Gasteiger partial charge < -0.3 is 10.6 Å². The zero-order valence-corrected chi connectivity index (χ0v) is 12.2. The van der Waals surface area contributed by atoms with E-state index in [9.17, 15) is 9.18 Å². The highest BCUT2D eigenvalue weighted by Gasteiger charge is 2.11. The van der Waals surface area contributed by atoms with Gasteiger partial charge in [0.15, 0.2) is 0 Å². The topological polar surface area (TPSA) is 41.1 Å². The van der Waals surface area contributed by atoms with E-state index in [1.165, 1.54) is 6.07 Å². The molecule has 0 aliphatic rings. The van der Waals surface area contributed by atoms with Gasteiger partial charge in [-0.15, -0.1) is 0 Å². The first-order chi connectivity index (χ1) is 10.1. The quantitative estimate of drug-likeness (QED) is 0.882. The van der Waals surface area contributed by atoms with Crippen molar-refractivity contribution < 1.29 is 9.18 Å². The number of halogens is 1. The van der Waals surface area contributed by atoms with Crippen molar-refractivity contribution in [3.05, 3.63) is 65.5 Å². The molecule has 0 radical (unpaired) electrons. The van der Waals surface area contributed by atoms with Gasteiger partial charge in [-0.2, -0.15) is 0 Å². The first-order valence-corrected chi connectivity index (χ1v) is 6.95. The van der Waals surface area contributed by atoms with Crippen LogP contribution in [0.4, 0.5) is 10.1 Å². The number of benzene rings is 2. The molecule has 0 saturated heterocycles. The lowest BCUT2D eigenvalue weighted by Crippen LogP contribution is -2.25. The smallest absolute Gasteiger partial charge is 0.253 e. The molecule has 0 saturated carbocycles. The van der Waals surface area contributed by atoms with Crippen molar-refractivity contribution in [2.45, 2.75) is 26.4 Å². The van der Waals surface area contributed by atoms with Crippen LogP contribution in [0.5, 0.6) is 0 Å². The average Bonchev–Trinajstić information content (AvgIpc) is 2.46. The van der Waals surface area contributed by atoms with Crippen LogP contribution in [0.15, 0.2) is 48.5 Å². The Kier molecular flexibility index (Phi) is 4.93. The fraction of sp³-hybridized carbons (Fsp3) is 0.235. The molecule has 110 valence electrons. The minimum atomic E-state index is -0.314. The first-order valence-electron chi connectivity index (χ1n) is 6.95. The van der Waals surface area contributed by atoms with Gasteiger partial charge in [0, 0.05) is 23.8 Å². The minimum absolute atomic E-state index is 0.168. The molecule has 3 nitrogen and oxygen atoms in total. The van der Waals surface area contributed by atoms with Gasteiger partial charge >= 0.3 is 0 Å². The summed E-state index contributed by atoms with van der Waals surface area (Å²) in [6.07, 6.45) is 0. The Morgan fingerprint density at radius 3 is 2.48 bits per heavy atom. The predicted molar refractivity (Wildman–Crippen MR) is 82.8 cm³/mol. The molecule has 2 aromatic rings. The van der Waals surface area contributed by atoms with Gasteiger partial charge in [0.1, 0.15) is 5.82 Å². The van der Waals surface area contributed by atoms with Gasteiger partial charge in [0.25, 0.3) is 5.91 Å². The van der Waals surface area contributed by atoms with E-state index in [2.05, 4.69) is 10.6 Å². The van der Waals surface area contributed by atoms with Gasteiger partial charge in [-0.05, 0) is 32.0 Å². The Morgan fingerprint density at radius 2 is 1.76 bits per heavy atom. The van der Waals surface area contributed by atoms with E-state index in [0.717, 1.165) is 5.69 Å². The predicted octanol–water partition coefficient (Wildman–Crippen LogP) is 3.58. The Hall–Kier alpha value is -2.36. The third-order valence-electron chi connectivity index (χ3n) is 3.01. The molecule has 0 fully saturated rings. The molecule has 1 amide bonds. The van der Waals surface area contributed by atoms with Crippen molar-refractivity contribution in [1.29, 1.82) is 0 Å². The van der Waals surface area contributed by atoms with Gasteiger partial charge in [-0.3, -0.25) is 4.79 Å². The summed E-state index contributed by atoms with van der Waals surface area (Å²) < 4.78 is 13.5. The molecule has 0 aliphatic heterocycles. The Morgan fingerprint density at radius 1 is 1.10 bits per heavy atom. The Balaban J connectivity index is 2.09. The molecule has 0 unspecified atom stereocenters. The van der Waals surface area contributed by atoms with E-state index in [1.54, 1.807) is 24.3 Å². The van der Waals surface area contributed by atoms with Crippen molar-refractivity contribution in [1.82, 2.24) is 5.32 Å². The lowest BCUT2D eigenvalue weighted by Gasteiger charge is -2.14. The molecule has 0 bridgehead atoms. The van der Waals surface area contributed by atoms with E-state index in [4.69, 9.17) is 0 Å². The van der Waals surface area contributed by atoms with Crippen LogP contribution < -0.4 is 10.6 Å². The molecule has 21 heavy (non-hydrogen) atoms. The molecule has 0 aliphatic carbocycles. The monoisotopic (exact) mass is 286 g/mol. The van der Waals surface area contributed by atoms with Gasteiger partial charge in [-0.25, -0.2) is 4.39 Å². The third kappa shape index (κ3) is 4.05. The van der Waals surface area contributed by atoms with Gasteiger partial charge in [0.05, 0.1) is 5.56 Å². The molecule has 2 rings (SSSR count). The second kappa shape index (κ2) is 6.88. The van der Waals surface area contributed by atoms with Crippen molar-refractivity contribution >= 4 is 11.6 Å². The summed E-state index contributed by atoms with van der Waals surface area (Å²) in [4.78, 5) is 12.3. The van der Waals surface area contributed by atoms with Gasteiger partial charge in [-0.1, -0.05) is 30.3 Å². The third-order valence-corrected chi connectivity index (χ3v) is 3.01. The van der Waals surface area contributed by atoms with Gasteiger partial charge in [0.2, 0.25) is 0 Å². The Labute approximate surface area is 124 Å². The molecular weight excluding hydrogens is 267 g/mol. The highest BCUT2D eigenvalue weighted by molar-refractivity contribution is 5.99. The summed E-state index contributed by atoms with van der Waals surface area (Å²) in [7, 11) is 0. The van der Waals surface area contributed by atoms with E-state index >= 15 is 0 Å². The number of para-hydroxylation sites is 1. The summed E-state index contributed by atoms with van der Waals surface area (Å²) in [5.74, 6) is -0.534. The fourth-order valence-corrected chi connectivity index (χ4v) is 2.03. The highest BCUT2D eigenvalue weighted by atomic mass is 19.1. The van der Waals surface area contributed by atoms with Crippen molar-refractivity contribution in [2.75, 3.05) is 5.32 Å². The van der Waals surface area contributed by atoms with E-state index < -0.39 is 0 Å². The maximum atomic E-state index is 13.5. The molecule has 2 N–H and O–H groups in total. The van der Waals surface area contributed by atoms with Crippen LogP contribution >= 0.6 is 0 Å². The number of anilines is 1. The number of hydrogen-bond acceptors (Lipinski definition) is 2. The SMILES string of the molecule is CC(C)Nc1ccccc1C(=O)NCc1ccccc1F. The number of hydrogen-bond donors (Lipinski definition) is 2. The number of rotatable bonds is 5.